The Kier molecular flexibility index (Phi) is 7.89. The van der Waals surface area contributed by atoms with Crippen LogP contribution in [0.15, 0.2) is 54.6 Å². The molecule has 3 N–H and O–H groups in total. The first kappa shape index (κ1) is 22.6. The number of amides is 4. The third-order valence-corrected chi connectivity index (χ3v) is 5.55. The van der Waals surface area contributed by atoms with Crippen molar-refractivity contribution in [3.8, 4) is 0 Å². The van der Waals surface area contributed by atoms with Crippen molar-refractivity contribution in [3.05, 3.63) is 65.2 Å². The minimum atomic E-state index is -0.638. The molecule has 1 atom stereocenters. The smallest absolute Gasteiger partial charge is 0.321 e. The van der Waals surface area contributed by atoms with Crippen molar-refractivity contribution in [1.29, 1.82) is 0 Å². The van der Waals surface area contributed by atoms with Gasteiger partial charge in [-0.3, -0.25) is 9.59 Å². The molecule has 1 heterocycles. The highest BCUT2D eigenvalue weighted by molar-refractivity contribution is 6.33. The molecule has 0 unspecified atom stereocenters. The molecule has 1 aliphatic rings. The largest absolute Gasteiger partial charge is 0.351 e. The number of carbonyl (C=O) groups excluding carboxylic acids is 3. The predicted molar refractivity (Wildman–Crippen MR) is 121 cm³/mol. The molecule has 8 heteroatoms. The average Bonchev–Trinajstić information content (AvgIpc) is 2.76. The number of halogens is 1. The lowest BCUT2D eigenvalue weighted by atomic mass is 10.0. The monoisotopic (exact) mass is 442 g/mol. The van der Waals surface area contributed by atoms with Gasteiger partial charge in [-0.15, -0.1) is 0 Å². The molecule has 0 saturated carbocycles. The second kappa shape index (κ2) is 10.8. The number of benzene rings is 2. The highest BCUT2D eigenvalue weighted by Gasteiger charge is 2.27. The van der Waals surface area contributed by atoms with Gasteiger partial charge in [-0.2, -0.15) is 0 Å². The quantitative estimate of drug-likeness (QED) is 0.641. The van der Waals surface area contributed by atoms with E-state index in [0.717, 1.165) is 5.56 Å². The standard InChI is InChI=1S/C23H27ClN4O3/c1-16(29)25-21(15-17-7-3-2-4-8-17)22(30)26-18-11-13-28(14-12-18)23(31)27-20-10-6-5-9-19(20)24/h2-10,18,21H,11-15H2,1H3,(H,25,29)(H,26,30)(H,27,31)/t21-/m0/s1. The summed E-state index contributed by atoms with van der Waals surface area (Å²) in [6.45, 7) is 2.44. The van der Waals surface area contributed by atoms with Crippen LogP contribution in [0.5, 0.6) is 0 Å². The summed E-state index contributed by atoms with van der Waals surface area (Å²) in [5.74, 6) is -0.458. The fraction of sp³-hybridized carbons (Fsp3) is 0.348. The third-order valence-electron chi connectivity index (χ3n) is 5.22. The number of carbonyl (C=O) groups is 3. The van der Waals surface area contributed by atoms with Crippen LogP contribution in [0, 0.1) is 0 Å². The van der Waals surface area contributed by atoms with E-state index in [1.54, 1.807) is 23.1 Å². The predicted octanol–water partition coefficient (Wildman–Crippen LogP) is 3.20. The van der Waals surface area contributed by atoms with Crippen LogP contribution in [0.2, 0.25) is 5.02 Å². The van der Waals surface area contributed by atoms with Crippen molar-refractivity contribution in [3.63, 3.8) is 0 Å². The van der Waals surface area contributed by atoms with E-state index >= 15 is 0 Å². The lowest BCUT2D eigenvalue weighted by Gasteiger charge is -2.33. The summed E-state index contributed by atoms with van der Waals surface area (Å²) in [4.78, 5) is 38.6. The first-order chi connectivity index (χ1) is 14.9. The Morgan fingerprint density at radius 1 is 1.03 bits per heavy atom. The van der Waals surface area contributed by atoms with E-state index in [1.807, 2.05) is 36.4 Å². The van der Waals surface area contributed by atoms with Gasteiger partial charge in [-0.25, -0.2) is 4.79 Å². The van der Waals surface area contributed by atoms with Crippen LogP contribution < -0.4 is 16.0 Å². The first-order valence-electron chi connectivity index (χ1n) is 10.3. The van der Waals surface area contributed by atoms with Gasteiger partial charge in [0.2, 0.25) is 11.8 Å². The van der Waals surface area contributed by atoms with E-state index in [4.69, 9.17) is 11.6 Å². The highest BCUT2D eigenvalue weighted by Crippen LogP contribution is 2.21. The number of nitrogens with one attached hydrogen (secondary N) is 3. The number of rotatable bonds is 6. The van der Waals surface area contributed by atoms with Gasteiger partial charge in [0, 0.05) is 32.5 Å². The van der Waals surface area contributed by atoms with Crippen LogP contribution in [0.3, 0.4) is 0 Å². The van der Waals surface area contributed by atoms with E-state index in [9.17, 15) is 14.4 Å². The molecule has 0 aromatic heterocycles. The average molecular weight is 443 g/mol. The highest BCUT2D eigenvalue weighted by atomic mass is 35.5. The van der Waals surface area contributed by atoms with Crippen LogP contribution in [0.4, 0.5) is 10.5 Å². The molecule has 0 spiro atoms. The number of hydrogen-bond donors (Lipinski definition) is 3. The molecular formula is C23H27ClN4O3. The van der Waals surface area contributed by atoms with Gasteiger partial charge < -0.3 is 20.9 Å². The van der Waals surface area contributed by atoms with E-state index in [1.165, 1.54) is 6.92 Å². The molecule has 1 aliphatic heterocycles. The SMILES string of the molecule is CC(=O)N[C@@H](Cc1ccccc1)C(=O)NC1CCN(C(=O)Nc2ccccc2Cl)CC1. The maximum absolute atomic E-state index is 12.8. The Balaban J connectivity index is 1.51. The molecule has 0 aliphatic carbocycles. The summed E-state index contributed by atoms with van der Waals surface area (Å²) in [5, 5.41) is 9.08. The number of likely N-dealkylation sites (tertiary alicyclic amines) is 1. The second-order valence-electron chi connectivity index (χ2n) is 7.62. The Morgan fingerprint density at radius 3 is 2.32 bits per heavy atom. The van der Waals surface area contributed by atoms with Gasteiger partial charge >= 0.3 is 6.03 Å². The summed E-state index contributed by atoms with van der Waals surface area (Å²) >= 11 is 6.10. The zero-order valence-electron chi connectivity index (χ0n) is 17.4. The molecule has 0 radical (unpaired) electrons. The van der Waals surface area contributed by atoms with Crippen LogP contribution in [0.1, 0.15) is 25.3 Å². The van der Waals surface area contributed by atoms with Crippen LogP contribution in [0.25, 0.3) is 0 Å². The summed E-state index contributed by atoms with van der Waals surface area (Å²) in [6, 6.07) is 15.8. The van der Waals surface area contributed by atoms with Gasteiger partial charge in [0.05, 0.1) is 10.7 Å². The number of hydrogen-bond acceptors (Lipinski definition) is 3. The number of piperidine rings is 1. The Bertz CT molecular complexity index is 914. The van der Waals surface area contributed by atoms with E-state index in [2.05, 4.69) is 16.0 Å². The van der Waals surface area contributed by atoms with Crippen molar-refractivity contribution >= 4 is 35.1 Å². The molecule has 0 bridgehead atoms. The Hall–Kier alpha value is -3.06. The molecule has 1 saturated heterocycles. The van der Waals surface area contributed by atoms with Crippen molar-refractivity contribution in [2.75, 3.05) is 18.4 Å². The fourth-order valence-corrected chi connectivity index (χ4v) is 3.77. The Morgan fingerprint density at radius 2 is 1.68 bits per heavy atom. The number of urea groups is 1. The summed E-state index contributed by atoms with van der Waals surface area (Å²) in [5.41, 5.74) is 1.55. The lowest BCUT2D eigenvalue weighted by Crippen LogP contribution is -2.53. The number of para-hydroxylation sites is 1. The Labute approximate surface area is 187 Å². The topological polar surface area (TPSA) is 90.5 Å². The van der Waals surface area contributed by atoms with E-state index in [-0.39, 0.29) is 23.9 Å². The first-order valence-corrected chi connectivity index (χ1v) is 10.7. The molecule has 164 valence electrons. The summed E-state index contributed by atoms with van der Waals surface area (Å²) in [7, 11) is 0. The van der Waals surface area contributed by atoms with Crippen molar-refractivity contribution in [1.82, 2.24) is 15.5 Å². The zero-order valence-corrected chi connectivity index (χ0v) is 18.2. The van der Waals surface area contributed by atoms with Gasteiger partial charge in [-0.1, -0.05) is 54.1 Å². The molecule has 2 aromatic rings. The molecule has 2 aromatic carbocycles. The van der Waals surface area contributed by atoms with Gasteiger partial charge in [0.25, 0.3) is 0 Å². The molecule has 4 amide bonds. The lowest BCUT2D eigenvalue weighted by molar-refractivity contribution is -0.128. The summed E-state index contributed by atoms with van der Waals surface area (Å²) < 4.78 is 0. The molecule has 7 nitrogen and oxygen atoms in total. The summed E-state index contributed by atoms with van der Waals surface area (Å²) in [6.07, 6.45) is 1.70. The third kappa shape index (κ3) is 6.72. The van der Waals surface area contributed by atoms with Crippen LogP contribution >= 0.6 is 11.6 Å². The normalized spacial score (nSPS) is 15.1. The van der Waals surface area contributed by atoms with Crippen molar-refractivity contribution < 1.29 is 14.4 Å². The second-order valence-corrected chi connectivity index (χ2v) is 8.03. The van der Waals surface area contributed by atoms with Gasteiger partial charge in [-0.05, 0) is 30.5 Å². The van der Waals surface area contributed by atoms with Crippen molar-refractivity contribution in [2.45, 2.75) is 38.3 Å². The molecule has 1 fully saturated rings. The minimum absolute atomic E-state index is 0.0519. The number of anilines is 1. The maximum atomic E-state index is 12.8. The molecule has 31 heavy (non-hydrogen) atoms. The van der Waals surface area contributed by atoms with Crippen LogP contribution in [-0.2, 0) is 16.0 Å². The van der Waals surface area contributed by atoms with Gasteiger partial charge in [0.1, 0.15) is 6.04 Å². The maximum Gasteiger partial charge on any atom is 0.321 e. The zero-order chi connectivity index (χ0) is 22.2. The molecule has 3 rings (SSSR count). The number of nitrogens with zero attached hydrogens (tertiary/aromatic N) is 1. The fourth-order valence-electron chi connectivity index (χ4n) is 3.59. The van der Waals surface area contributed by atoms with E-state index < -0.39 is 6.04 Å². The van der Waals surface area contributed by atoms with Crippen LogP contribution in [-0.4, -0.2) is 47.9 Å². The van der Waals surface area contributed by atoms with Crippen molar-refractivity contribution in [2.24, 2.45) is 0 Å². The van der Waals surface area contributed by atoms with E-state index in [0.29, 0.717) is 43.1 Å². The van der Waals surface area contributed by atoms with Gasteiger partial charge in [0.15, 0.2) is 0 Å². The minimum Gasteiger partial charge on any atom is -0.351 e. The molecular weight excluding hydrogens is 416 g/mol.